The molecule has 2 rings (SSSR count). The van der Waals surface area contributed by atoms with Gasteiger partial charge in [0.15, 0.2) is 0 Å². The van der Waals surface area contributed by atoms with Gasteiger partial charge in [-0.3, -0.25) is 0 Å². The van der Waals surface area contributed by atoms with Crippen LogP contribution in [0.1, 0.15) is 38.0 Å². The molecule has 1 atom stereocenters. The number of aromatic hydroxyl groups is 1. The third-order valence-corrected chi connectivity index (χ3v) is 3.67. The fourth-order valence-corrected chi connectivity index (χ4v) is 2.54. The highest BCUT2D eigenvalue weighted by atomic mass is 16.5. The van der Waals surface area contributed by atoms with Gasteiger partial charge in [0.05, 0.1) is 19.8 Å². The van der Waals surface area contributed by atoms with Gasteiger partial charge in [-0.25, -0.2) is 0 Å². The zero-order valence-corrected chi connectivity index (χ0v) is 15.4. The van der Waals surface area contributed by atoms with E-state index in [0.29, 0.717) is 36.9 Å². The summed E-state index contributed by atoms with van der Waals surface area (Å²) >= 11 is 0. The van der Waals surface area contributed by atoms with Gasteiger partial charge in [0.1, 0.15) is 29.1 Å². The van der Waals surface area contributed by atoms with Crippen LogP contribution in [0.4, 0.5) is 0 Å². The van der Waals surface area contributed by atoms with Crippen molar-refractivity contribution in [2.75, 3.05) is 19.8 Å². The Balaban J connectivity index is 2.26. The monoisotopic (exact) mass is 358 g/mol. The van der Waals surface area contributed by atoms with Crippen LogP contribution in [0.25, 0.3) is 6.08 Å². The van der Waals surface area contributed by atoms with Crippen molar-refractivity contribution in [3.8, 4) is 23.0 Å². The number of rotatable bonds is 9. The lowest BCUT2D eigenvalue weighted by Crippen LogP contribution is -2.01. The first kappa shape index (κ1) is 19.7. The van der Waals surface area contributed by atoms with Crippen molar-refractivity contribution >= 4 is 6.08 Å². The number of phenolic OH excluding ortho intramolecular Hbond substituents is 1. The smallest absolute Gasteiger partial charge is 0.130 e. The second kappa shape index (κ2) is 9.73. The molecule has 0 saturated heterocycles. The van der Waals surface area contributed by atoms with Crippen molar-refractivity contribution in [2.45, 2.75) is 26.9 Å². The topological polar surface area (TPSA) is 68.2 Å². The number of aliphatic hydroxyl groups excluding tert-OH is 1. The maximum absolute atomic E-state index is 10.5. The van der Waals surface area contributed by atoms with Crippen LogP contribution in [0.3, 0.4) is 0 Å². The Bertz CT molecular complexity index is 739. The van der Waals surface area contributed by atoms with E-state index >= 15 is 0 Å². The minimum atomic E-state index is -0.877. The lowest BCUT2D eigenvalue weighted by Gasteiger charge is -2.14. The highest BCUT2D eigenvalue weighted by molar-refractivity contribution is 5.60. The molecule has 0 amide bonds. The van der Waals surface area contributed by atoms with E-state index in [2.05, 4.69) is 0 Å². The molecule has 140 valence electrons. The van der Waals surface area contributed by atoms with Crippen LogP contribution in [0.5, 0.6) is 23.0 Å². The maximum atomic E-state index is 10.5. The van der Waals surface area contributed by atoms with Crippen molar-refractivity contribution in [1.82, 2.24) is 0 Å². The van der Waals surface area contributed by atoms with E-state index in [1.807, 2.05) is 39.0 Å². The molecule has 0 fully saturated rings. The first-order chi connectivity index (χ1) is 12.6. The number of hydrogen-bond donors (Lipinski definition) is 2. The molecule has 0 radical (unpaired) electrons. The predicted molar refractivity (Wildman–Crippen MR) is 102 cm³/mol. The summed E-state index contributed by atoms with van der Waals surface area (Å²) in [4.78, 5) is 0. The number of phenols is 1. The molecule has 5 heteroatoms. The summed E-state index contributed by atoms with van der Waals surface area (Å²) in [6.45, 7) is 7.26. The highest BCUT2D eigenvalue weighted by Gasteiger charge is 2.12. The second-order valence-electron chi connectivity index (χ2n) is 5.52. The lowest BCUT2D eigenvalue weighted by atomic mass is 10.1. The molecule has 1 unspecified atom stereocenters. The third kappa shape index (κ3) is 5.17. The number of hydrogen-bond acceptors (Lipinski definition) is 5. The summed E-state index contributed by atoms with van der Waals surface area (Å²) in [5.41, 5.74) is 1.43. The summed E-state index contributed by atoms with van der Waals surface area (Å²) in [6.07, 6.45) is 2.58. The molecule has 0 aromatic heterocycles. The van der Waals surface area contributed by atoms with E-state index < -0.39 is 6.10 Å². The fourth-order valence-electron chi connectivity index (χ4n) is 2.54. The van der Waals surface area contributed by atoms with Crippen LogP contribution in [0, 0.1) is 0 Å². The first-order valence-electron chi connectivity index (χ1n) is 8.80. The normalized spacial score (nSPS) is 12.2. The molecule has 0 heterocycles. The summed E-state index contributed by atoms with van der Waals surface area (Å²) in [6, 6.07) is 10.3. The summed E-state index contributed by atoms with van der Waals surface area (Å²) in [7, 11) is 0. The van der Waals surface area contributed by atoms with Gasteiger partial charge >= 0.3 is 0 Å². The van der Waals surface area contributed by atoms with Crippen LogP contribution in [0.15, 0.2) is 42.5 Å². The van der Waals surface area contributed by atoms with Gasteiger partial charge in [0.25, 0.3) is 0 Å². The molecule has 0 bridgehead atoms. The summed E-state index contributed by atoms with van der Waals surface area (Å²) in [5, 5.41) is 20.1. The molecule has 2 N–H and O–H groups in total. The Morgan fingerprint density at radius 2 is 1.58 bits per heavy atom. The zero-order chi connectivity index (χ0) is 18.9. The van der Waals surface area contributed by atoms with E-state index in [1.54, 1.807) is 18.2 Å². The number of ether oxygens (including phenoxy) is 3. The van der Waals surface area contributed by atoms with Crippen molar-refractivity contribution in [3.05, 3.63) is 53.6 Å². The molecule has 2 aromatic carbocycles. The summed E-state index contributed by atoms with van der Waals surface area (Å²) in [5.74, 6) is 1.99. The molecule has 0 aliphatic carbocycles. The largest absolute Gasteiger partial charge is 0.508 e. The molecular formula is C21H26O5. The minimum Gasteiger partial charge on any atom is -0.508 e. The third-order valence-electron chi connectivity index (χ3n) is 3.67. The second-order valence-corrected chi connectivity index (χ2v) is 5.52. The van der Waals surface area contributed by atoms with Gasteiger partial charge in [-0.15, -0.1) is 0 Å². The van der Waals surface area contributed by atoms with E-state index in [1.165, 1.54) is 12.1 Å². The first-order valence-corrected chi connectivity index (χ1v) is 8.80. The Kier molecular flexibility index (Phi) is 7.36. The van der Waals surface area contributed by atoms with Crippen LogP contribution < -0.4 is 14.2 Å². The highest BCUT2D eigenvalue weighted by Crippen LogP contribution is 2.32. The molecule has 0 spiro atoms. The Labute approximate surface area is 154 Å². The van der Waals surface area contributed by atoms with Gasteiger partial charge in [0, 0.05) is 23.3 Å². The van der Waals surface area contributed by atoms with Gasteiger partial charge in [-0.2, -0.15) is 0 Å². The SMILES string of the molecule is CCOc1ccc(C=CC(O)c2ccc(O)cc2OCC)c(OCC)c1. The average Bonchev–Trinajstić information content (AvgIpc) is 2.62. The van der Waals surface area contributed by atoms with Gasteiger partial charge in [-0.1, -0.05) is 12.2 Å². The molecular weight excluding hydrogens is 332 g/mol. The average molecular weight is 358 g/mol. The standard InChI is InChI=1S/C21H26O5/c1-4-24-17-10-7-15(20(14-17)25-5-2)8-12-19(23)18-11-9-16(22)13-21(18)26-6-3/h7-14,19,22-23H,4-6H2,1-3H3. The molecule has 0 aliphatic rings. The van der Waals surface area contributed by atoms with Crippen molar-refractivity contribution in [1.29, 1.82) is 0 Å². The van der Waals surface area contributed by atoms with E-state index in [-0.39, 0.29) is 5.75 Å². The number of benzene rings is 2. The van der Waals surface area contributed by atoms with Crippen LogP contribution in [-0.4, -0.2) is 30.0 Å². The van der Waals surface area contributed by atoms with Crippen molar-refractivity contribution < 1.29 is 24.4 Å². The summed E-state index contributed by atoms with van der Waals surface area (Å²) < 4.78 is 16.7. The van der Waals surface area contributed by atoms with Crippen LogP contribution >= 0.6 is 0 Å². The molecule has 2 aromatic rings. The molecule has 26 heavy (non-hydrogen) atoms. The Morgan fingerprint density at radius 1 is 0.885 bits per heavy atom. The fraction of sp³-hybridized carbons (Fsp3) is 0.333. The van der Waals surface area contributed by atoms with Crippen molar-refractivity contribution in [2.24, 2.45) is 0 Å². The quantitative estimate of drug-likeness (QED) is 0.698. The van der Waals surface area contributed by atoms with Crippen LogP contribution in [-0.2, 0) is 0 Å². The van der Waals surface area contributed by atoms with E-state index in [4.69, 9.17) is 14.2 Å². The van der Waals surface area contributed by atoms with E-state index in [0.717, 1.165) is 11.3 Å². The van der Waals surface area contributed by atoms with Gasteiger partial charge in [0.2, 0.25) is 0 Å². The lowest BCUT2D eigenvalue weighted by molar-refractivity contribution is 0.220. The zero-order valence-electron chi connectivity index (χ0n) is 15.4. The van der Waals surface area contributed by atoms with Gasteiger partial charge in [-0.05, 0) is 45.0 Å². The predicted octanol–water partition coefficient (Wildman–Crippen LogP) is 4.34. The molecule has 0 aliphatic heterocycles. The molecule has 5 nitrogen and oxygen atoms in total. The minimum absolute atomic E-state index is 0.0959. The van der Waals surface area contributed by atoms with Crippen molar-refractivity contribution in [3.63, 3.8) is 0 Å². The Hall–Kier alpha value is -2.66. The number of aliphatic hydroxyl groups is 1. The van der Waals surface area contributed by atoms with Gasteiger partial charge < -0.3 is 24.4 Å². The Morgan fingerprint density at radius 3 is 2.27 bits per heavy atom. The van der Waals surface area contributed by atoms with E-state index in [9.17, 15) is 10.2 Å². The van der Waals surface area contributed by atoms with Crippen LogP contribution in [0.2, 0.25) is 0 Å². The molecule has 0 saturated carbocycles. The maximum Gasteiger partial charge on any atom is 0.130 e.